The standard InChI is InChI=1S/C16H20N2O2/c1-11-6-13(17)8-14(7-11)18-10-12-4-5-15(19-2)9-16(12)20-3/h4-9,18H,10,17H2,1-3H3. The van der Waals surface area contributed by atoms with Crippen LogP contribution >= 0.6 is 0 Å². The fraction of sp³-hybridized carbons (Fsp3) is 0.250. The van der Waals surface area contributed by atoms with E-state index >= 15 is 0 Å². The molecule has 0 bridgehead atoms. The van der Waals surface area contributed by atoms with Gasteiger partial charge in [-0.25, -0.2) is 0 Å². The molecule has 106 valence electrons. The smallest absolute Gasteiger partial charge is 0.127 e. The summed E-state index contributed by atoms with van der Waals surface area (Å²) in [5.41, 5.74) is 9.80. The van der Waals surface area contributed by atoms with E-state index < -0.39 is 0 Å². The van der Waals surface area contributed by atoms with Crippen molar-refractivity contribution in [3.63, 3.8) is 0 Å². The summed E-state index contributed by atoms with van der Waals surface area (Å²) in [4.78, 5) is 0. The molecule has 0 heterocycles. The number of nitrogen functional groups attached to an aromatic ring is 1. The van der Waals surface area contributed by atoms with Gasteiger partial charge in [-0.15, -0.1) is 0 Å². The van der Waals surface area contributed by atoms with Crippen LogP contribution < -0.4 is 20.5 Å². The summed E-state index contributed by atoms with van der Waals surface area (Å²) in [6.07, 6.45) is 0. The van der Waals surface area contributed by atoms with Crippen molar-refractivity contribution >= 4 is 11.4 Å². The number of aryl methyl sites for hydroxylation is 1. The summed E-state index contributed by atoms with van der Waals surface area (Å²) in [5.74, 6) is 1.59. The second-order valence-corrected chi connectivity index (χ2v) is 4.66. The highest BCUT2D eigenvalue weighted by molar-refractivity contribution is 5.57. The van der Waals surface area contributed by atoms with Crippen molar-refractivity contribution in [3.8, 4) is 11.5 Å². The third kappa shape index (κ3) is 3.35. The number of nitrogens with one attached hydrogen (secondary N) is 1. The molecule has 2 aromatic rings. The van der Waals surface area contributed by atoms with Crippen LogP contribution in [0.5, 0.6) is 11.5 Å². The summed E-state index contributed by atoms with van der Waals surface area (Å²) in [6.45, 7) is 2.69. The first-order chi connectivity index (χ1) is 9.62. The van der Waals surface area contributed by atoms with Crippen LogP contribution in [-0.4, -0.2) is 14.2 Å². The Hall–Kier alpha value is -2.36. The number of hydrogen-bond donors (Lipinski definition) is 2. The Kier molecular flexibility index (Phi) is 4.35. The number of rotatable bonds is 5. The van der Waals surface area contributed by atoms with Crippen LogP contribution in [0.1, 0.15) is 11.1 Å². The van der Waals surface area contributed by atoms with Crippen LogP contribution in [0, 0.1) is 6.92 Å². The Morgan fingerprint density at radius 3 is 2.50 bits per heavy atom. The average Bonchev–Trinajstić information content (AvgIpc) is 2.44. The van der Waals surface area contributed by atoms with Gasteiger partial charge in [0.1, 0.15) is 11.5 Å². The molecule has 3 N–H and O–H groups in total. The van der Waals surface area contributed by atoms with Gasteiger partial charge in [0.05, 0.1) is 14.2 Å². The first-order valence-electron chi connectivity index (χ1n) is 6.44. The lowest BCUT2D eigenvalue weighted by Crippen LogP contribution is -2.03. The SMILES string of the molecule is COc1ccc(CNc2cc(C)cc(N)c2)c(OC)c1. The molecule has 0 aromatic heterocycles. The fourth-order valence-corrected chi connectivity index (χ4v) is 2.11. The van der Waals surface area contributed by atoms with Gasteiger partial charge in [-0.2, -0.15) is 0 Å². The lowest BCUT2D eigenvalue weighted by Gasteiger charge is -2.13. The molecule has 2 rings (SSSR count). The van der Waals surface area contributed by atoms with Crippen molar-refractivity contribution in [2.45, 2.75) is 13.5 Å². The van der Waals surface area contributed by atoms with Crippen LogP contribution in [0.15, 0.2) is 36.4 Å². The van der Waals surface area contributed by atoms with E-state index in [1.165, 1.54) is 0 Å². The molecular weight excluding hydrogens is 252 g/mol. The molecule has 4 heteroatoms. The quantitative estimate of drug-likeness (QED) is 0.821. The lowest BCUT2D eigenvalue weighted by molar-refractivity contribution is 0.391. The van der Waals surface area contributed by atoms with Crippen molar-refractivity contribution in [3.05, 3.63) is 47.5 Å². The number of benzene rings is 2. The Balaban J connectivity index is 2.14. The molecule has 4 nitrogen and oxygen atoms in total. The van der Waals surface area contributed by atoms with Gasteiger partial charge in [0.25, 0.3) is 0 Å². The Morgan fingerprint density at radius 1 is 1.05 bits per heavy atom. The minimum Gasteiger partial charge on any atom is -0.497 e. The van der Waals surface area contributed by atoms with Gasteiger partial charge in [0.15, 0.2) is 0 Å². The van der Waals surface area contributed by atoms with Crippen LogP contribution in [0.2, 0.25) is 0 Å². The zero-order valence-electron chi connectivity index (χ0n) is 12.1. The van der Waals surface area contributed by atoms with Gasteiger partial charge >= 0.3 is 0 Å². The third-order valence-corrected chi connectivity index (χ3v) is 3.08. The monoisotopic (exact) mass is 272 g/mol. The number of nitrogens with two attached hydrogens (primary N) is 1. The van der Waals surface area contributed by atoms with E-state index in [2.05, 4.69) is 11.4 Å². The maximum Gasteiger partial charge on any atom is 0.127 e. The third-order valence-electron chi connectivity index (χ3n) is 3.08. The van der Waals surface area contributed by atoms with E-state index in [0.29, 0.717) is 6.54 Å². The highest BCUT2D eigenvalue weighted by Gasteiger charge is 2.05. The average molecular weight is 272 g/mol. The van der Waals surface area contributed by atoms with Gasteiger partial charge in [-0.1, -0.05) is 0 Å². The first kappa shape index (κ1) is 14.1. The van der Waals surface area contributed by atoms with Crippen LogP contribution in [0.4, 0.5) is 11.4 Å². The summed E-state index contributed by atoms with van der Waals surface area (Å²) in [7, 11) is 3.30. The molecule has 0 fully saturated rings. The normalized spacial score (nSPS) is 10.2. The second kappa shape index (κ2) is 6.19. The minimum absolute atomic E-state index is 0.663. The van der Waals surface area contributed by atoms with Crippen molar-refractivity contribution in [1.82, 2.24) is 0 Å². The second-order valence-electron chi connectivity index (χ2n) is 4.66. The molecule has 0 aliphatic heterocycles. The minimum atomic E-state index is 0.663. The first-order valence-corrected chi connectivity index (χ1v) is 6.44. The molecule has 0 radical (unpaired) electrons. The topological polar surface area (TPSA) is 56.5 Å². The molecule has 0 saturated carbocycles. The van der Waals surface area contributed by atoms with Gasteiger partial charge < -0.3 is 20.5 Å². The molecule has 0 aliphatic carbocycles. The molecule has 20 heavy (non-hydrogen) atoms. The lowest BCUT2D eigenvalue weighted by atomic mass is 10.1. The number of anilines is 2. The molecular formula is C16H20N2O2. The van der Waals surface area contributed by atoms with Crippen LogP contribution in [-0.2, 0) is 6.54 Å². The van der Waals surface area contributed by atoms with Gasteiger partial charge in [0.2, 0.25) is 0 Å². The highest BCUT2D eigenvalue weighted by atomic mass is 16.5. The van der Waals surface area contributed by atoms with Crippen LogP contribution in [0.25, 0.3) is 0 Å². The van der Waals surface area contributed by atoms with E-state index in [1.54, 1.807) is 14.2 Å². The predicted octanol–water partition coefficient (Wildman–Crippen LogP) is 3.21. The van der Waals surface area contributed by atoms with Gasteiger partial charge in [-0.05, 0) is 42.8 Å². The zero-order chi connectivity index (χ0) is 14.5. The highest BCUT2D eigenvalue weighted by Crippen LogP contribution is 2.25. The van der Waals surface area contributed by atoms with E-state index in [0.717, 1.165) is 34.0 Å². The molecule has 0 aliphatic rings. The van der Waals surface area contributed by atoms with Gasteiger partial charge in [-0.3, -0.25) is 0 Å². The maximum atomic E-state index is 5.84. The number of ether oxygens (including phenoxy) is 2. The summed E-state index contributed by atoms with van der Waals surface area (Å²) in [5, 5.41) is 3.35. The molecule has 2 aromatic carbocycles. The predicted molar refractivity (Wildman–Crippen MR) is 82.5 cm³/mol. The van der Waals surface area contributed by atoms with E-state index in [1.807, 2.05) is 37.3 Å². The van der Waals surface area contributed by atoms with Crippen molar-refractivity contribution < 1.29 is 9.47 Å². The summed E-state index contributed by atoms with van der Waals surface area (Å²) < 4.78 is 10.6. The van der Waals surface area contributed by atoms with Crippen molar-refractivity contribution in [2.75, 3.05) is 25.3 Å². The summed E-state index contributed by atoms with van der Waals surface area (Å²) in [6, 6.07) is 11.7. The van der Waals surface area contributed by atoms with E-state index in [-0.39, 0.29) is 0 Å². The Bertz CT molecular complexity index is 577. The largest absolute Gasteiger partial charge is 0.497 e. The van der Waals surface area contributed by atoms with Crippen molar-refractivity contribution in [1.29, 1.82) is 0 Å². The number of hydrogen-bond acceptors (Lipinski definition) is 4. The Morgan fingerprint density at radius 2 is 1.85 bits per heavy atom. The number of methoxy groups -OCH3 is 2. The molecule has 0 unspecified atom stereocenters. The van der Waals surface area contributed by atoms with E-state index in [4.69, 9.17) is 15.2 Å². The van der Waals surface area contributed by atoms with Crippen molar-refractivity contribution in [2.24, 2.45) is 0 Å². The summed E-state index contributed by atoms with van der Waals surface area (Å²) >= 11 is 0. The molecule has 0 atom stereocenters. The maximum absolute atomic E-state index is 5.84. The molecule has 0 spiro atoms. The Labute approximate surface area is 119 Å². The molecule has 0 saturated heterocycles. The fourth-order valence-electron chi connectivity index (χ4n) is 2.11. The van der Waals surface area contributed by atoms with Crippen LogP contribution in [0.3, 0.4) is 0 Å². The zero-order valence-corrected chi connectivity index (χ0v) is 12.1. The van der Waals surface area contributed by atoms with Gasteiger partial charge in [0, 0.05) is 29.5 Å². The molecule has 0 amide bonds. The van der Waals surface area contributed by atoms with E-state index in [9.17, 15) is 0 Å².